The van der Waals surface area contributed by atoms with Crippen LogP contribution in [0.4, 0.5) is 4.79 Å². The number of carbonyl (C=O) groups excluding carboxylic acids is 1. The lowest BCUT2D eigenvalue weighted by atomic mass is 10.00. The predicted octanol–water partition coefficient (Wildman–Crippen LogP) is 3.43. The Kier molecular flexibility index (Phi) is 5.69. The fourth-order valence-corrected chi connectivity index (χ4v) is 2.78. The number of hydrogen-bond acceptors (Lipinski definition) is 2. The third kappa shape index (κ3) is 4.15. The minimum absolute atomic E-state index is 0.0354. The van der Waals surface area contributed by atoms with Crippen molar-refractivity contribution in [1.29, 1.82) is 0 Å². The van der Waals surface area contributed by atoms with E-state index in [4.69, 9.17) is 4.74 Å². The van der Waals surface area contributed by atoms with Crippen molar-refractivity contribution in [3.8, 4) is 5.75 Å². The predicted molar refractivity (Wildman–Crippen MR) is 89.5 cm³/mol. The minimum Gasteiger partial charge on any atom is -0.491 e. The summed E-state index contributed by atoms with van der Waals surface area (Å²) >= 11 is 0. The highest BCUT2D eigenvalue weighted by atomic mass is 16.5. The molecule has 0 aliphatic carbocycles. The zero-order valence-corrected chi connectivity index (χ0v) is 14.2. The van der Waals surface area contributed by atoms with Crippen LogP contribution in [0.25, 0.3) is 0 Å². The van der Waals surface area contributed by atoms with Gasteiger partial charge in [-0.2, -0.15) is 0 Å². The molecule has 4 heteroatoms. The molecule has 0 unspecified atom stereocenters. The van der Waals surface area contributed by atoms with Gasteiger partial charge in [-0.1, -0.05) is 19.1 Å². The highest BCUT2D eigenvalue weighted by molar-refractivity contribution is 5.74. The number of likely N-dealkylation sites (tertiary alicyclic amines) is 1. The van der Waals surface area contributed by atoms with E-state index >= 15 is 0 Å². The Labute approximate surface area is 133 Å². The summed E-state index contributed by atoms with van der Waals surface area (Å²) in [4.78, 5) is 14.0. The molecule has 0 bridgehead atoms. The maximum atomic E-state index is 12.1. The number of hydrogen-bond donors (Lipinski definition) is 1. The maximum Gasteiger partial charge on any atom is 0.317 e. The largest absolute Gasteiger partial charge is 0.491 e. The van der Waals surface area contributed by atoms with E-state index in [1.54, 1.807) is 0 Å². The Bertz CT molecular complexity index is 520. The fourth-order valence-electron chi connectivity index (χ4n) is 2.78. The third-order valence-electron chi connectivity index (χ3n) is 4.57. The van der Waals surface area contributed by atoms with Gasteiger partial charge in [0.1, 0.15) is 12.4 Å². The number of carbonyl (C=O) groups is 1. The molecule has 0 saturated carbocycles. The van der Waals surface area contributed by atoms with Gasteiger partial charge in [-0.05, 0) is 56.2 Å². The monoisotopic (exact) mass is 304 g/mol. The first-order valence-electron chi connectivity index (χ1n) is 8.21. The van der Waals surface area contributed by atoms with Crippen molar-refractivity contribution in [1.82, 2.24) is 10.2 Å². The number of amides is 2. The Hall–Kier alpha value is -1.71. The summed E-state index contributed by atoms with van der Waals surface area (Å²) in [6.07, 6.45) is 2.21. The Balaban J connectivity index is 1.75. The SMILES string of the molecule is Cc1ccc(C)c(OCCNC(=O)N2CCC(C)CC2)c1C. The number of ether oxygens (including phenoxy) is 1. The van der Waals surface area contributed by atoms with E-state index in [-0.39, 0.29) is 6.03 Å². The van der Waals surface area contributed by atoms with Crippen LogP contribution >= 0.6 is 0 Å². The molecule has 1 aromatic carbocycles. The van der Waals surface area contributed by atoms with Crippen molar-refractivity contribution < 1.29 is 9.53 Å². The summed E-state index contributed by atoms with van der Waals surface area (Å²) < 4.78 is 5.87. The molecular formula is C18H28N2O2. The number of piperidine rings is 1. The zero-order valence-electron chi connectivity index (χ0n) is 14.2. The van der Waals surface area contributed by atoms with E-state index in [0.717, 1.165) is 43.2 Å². The highest BCUT2D eigenvalue weighted by Crippen LogP contribution is 2.25. The Morgan fingerprint density at radius 1 is 1.23 bits per heavy atom. The number of nitrogens with one attached hydrogen (secondary N) is 1. The summed E-state index contributed by atoms with van der Waals surface area (Å²) in [7, 11) is 0. The van der Waals surface area contributed by atoms with Gasteiger partial charge in [0.05, 0.1) is 6.54 Å². The van der Waals surface area contributed by atoms with Crippen molar-refractivity contribution >= 4 is 6.03 Å². The van der Waals surface area contributed by atoms with Gasteiger partial charge >= 0.3 is 6.03 Å². The zero-order chi connectivity index (χ0) is 16.1. The van der Waals surface area contributed by atoms with Crippen LogP contribution in [-0.2, 0) is 0 Å². The van der Waals surface area contributed by atoms with E-state index in [9.17, 15) is 4.79 Å². The molecule has 0 spiro atoms. The van der Waals surface area contributed by atoms with E-state index in [1.165, 1.54) is 11.1 Å². The molecule has 1 aliphatic rings. The number of nitrogens with zero attached hydrogens (tertiary/aromatic N) is 1. The second-order valence-corrected chi connectivity index (χ2v) is 6.40. The first kappa shape index (κ1) is 16.7. The van der Waals surface area contributed by atoms with Gasteiger partial charge in [0, 0.05) is 13.1 Å². The van der Waals surface area contributed by atoms with Crippen molar-refractivity contribution in [2.45, 2.75) is 40.5 Å². The van der Waals surface area contributed by atoms with E-state index in [2.05, 4.69) is 45.1 Å². The molecular weight excluding hydrogens is 276 g/mol. The second-order valence-electron chi connectivity index (χ2n) is 6.40. The summed E-state index contributed by atoms with van der Waals surface area (Å²) in [5.41, 5.74) is 3.54. The lowest BCUT2D eigenvalue weighted by molar-refractivity contribution is 0.172. The van der Waals surface area contributed by atoms with Gasteiger partial charge in [-0.25, -0.2) is 4.79 Å². The van der Waals surface area contributed by atoms with Gasteiger partial charge in [-0.15, -0.1) is 0 Å². The molecule has 1 aliphatic heterocycles. The van der Waals surface area contributed by atoms with Crippen molar-refractivity contribution in [2.24, 2.45) is 5.92 Å². The van der Waals surface area contributed by atoms with Gasteiger partial charge in [-0.3, -0.25) is 0 Å². The first-order valence-corrected chi connectivity index (χ1v) is 8.21. The van der Waals surface area contributed by atoms with Crippen molar-refractivity contribution in [3.05, 3.63) is 28.8 Å². The second kappa shape index (κ2) is 7.52. The molecule has 122 valence electrons. The molecule has 0 atom stereocenters. The van der Waals surface area contributed by atoms with Crippen LogP contribution in [-0.4, -0.2) is 37.2 Å². The number of rotatable bonds is 4. The standard InChI is InChI=1S/C18H28N2O2/c1-13-7-10-20(11-8-13)18(21)19-9-12-22-17-15(3)6-5-14(2)16(17)4/h5-6,13H,7-12H2,1-4H3,(H,19,21). The number of aryl methyl sites for hydroxylation is 2. The number of benzene rings is 1. The Morgan fingerprint density at radius 2 is 1.86 bits per heavy atom. The van der Waals surface area contributed by atoms with E-state index in [1.807, 2.05) is 4.90 Å². The molecule has 4 nitrogen and oxygen atoms in total. The molecule has 2 amide bonds. The summed E-state index contributed by atoms with van der Waals surface area (Å²) in [6.45, 7) is 11.2. The van der Waals surface area contributed by atoms with Gasteiger partial charge < -0.3 is 15.0 Å². The van der Waals surface area contributed by atoms with Crippen LogP contribution in [0.1, 0.15) is 36.5 Å². The topological polar surface area (TPSA) is 41.6 Å². The molecule has 1 fully saturated rings. The van der Waals surface area contributed by atoms with Gasteiger partial charge in [0.25, 0.3) is 0 Å². The fraction of sp³-hybridized carbons (Fsp3) is 0.611. The van der Waals surface area contributed by atoms with Crippen LogP contribution in [0.3, 0.4) is 0 Å². The van der Waals surface area contributed by atoms with E-state index < -0.39 is 0 Å². The van der Waals surface area contributed by atoms with E-state index in [0.29, 0.717) is 13.2 Å². The summed E-state index contributed by atoms with van der Waals surface area (Å²) in [5.74, 6) is 1.68. The average molecular weight is 304 g/mol. The van der Waals surface area contributed by atoms with Gasteiger partial charge in [0.15, 0.2) is 0 Å². The summed E-state index contributed by atoms with van der Waals surface area (Å²) in [6, 6.07) is 4.22. The quantitative estimate of drug-likeness (QED) is 0.866. The highest BCUT2D eigenvalue weighted by Gasteiger charge is 2.19. The molecule has 1 heterocycles. The molecule has 22 heavy (non-hydrogen) atoms. The molecule has 0 radical (unpaired) electrons. The smallest absolute Gasteiger partial charge is 0.317 e. The van der Waals surface area contributed by atoms with Crippen molar-refractivity contribution in [2.75, 3.05) is 26.2 Å². The molecule has 2 rings (SSSR count). The lowest BCUT2D eigenvalue weighted by Crippen LogP contribution is -2.45. The lowest BCUT2D eigenvalue weighted by Gasteiger charge is -2.30. The van der Waals surface area contributed by atoms with Crippen LogP contribution in [0.5, 0.6) is 5.75 Å². The first-order chi connectivity index (χ1) is 10.5. The third-order valence-corrected chi connectivity index (χ3v) is 4.57. The molecule has 1 saturated heterocycles. The minimum atomic E-state index is 0.0354. The average Bonchev–Trinajstić information content (AvgIpc) is 2.51. The van der Waals surface area contributed by atoms with Crippen LogP contribution < -0.4 is 10.1 Å². The van der Waals surface area contributed by atoms with Crippen LogP contribution in [0.15, 0.2) is 12.1 Å². The van der Waals surface area contributed by atoms with Crippen LogP contribution in [0.2, 0.25) is 0 Å². The van der Waals surface area contributed by atoms with Crippen LogP contribution in [0, 0.1) is 26.7 Å². The summed E-state index contributed by atoms with van der Waals surface area (Å²) in [5, 5.41) is 2.95. The molecule has 1 N–H and O–H groups in total. The maximum absolute atomic E-state index is 12.1. The van der Waals surface area contributed by atoms with Crippen molar-refractivity contribution in [3.63, 3.8) is 0 Å². The molecule has 1 aromatic rings. The van der Waals surface area contributed by atoms with Gasteiger partial charge in [0.2, 0.25) is 0 Å². The normalized spacial score (nSPS) is 15.7. The number of urea groups is 1. The Morgan fingerprint density at radius 3 is 2.55 bits per heavy atom. The molecule has 0 aromatic heterocycles.